The second-order valence-electron chi connectivity index (χ2n) is 3.48. The second-order valence-corrected chi connectivity index (χ2v) is 3.48. The van der Waals surface area contributed by atoms with Crippen LogP contribution in [0, 0.1) is 5.92 Å². The topological polar surface area (TPSA) is 46.5 Å². The van der Waals surface area contributed by atoms with Gasteiger partial charge in [-0.15, -0.1) is 0 Å². The third kappa shape index (κ3) is 2.03. The molecule has 0 saturated heterocycles. The Morgan fingerprint density at radius 1 is 1.64 bits per heavy atom. The van der Waals surface area contributed by atoms with Gasteiger partial charge in [-0.2, -0.15) is 8.78 Å². The number of carbonyl (C=O) groups excluding carboxylic acids is 1. The number of hydrogen-bond acceptors (Lipinski definition) is 3. The van der Waals surface area contributed by atoms with Gasteiger partial charge in [-0.1, -0.05) is 6.42 Å². The summed E-state index contributed by atoms with van der Waals surface area (Å²) < 4.78 is 30.5. The molecule has 0 heterocycles. The number of carbonyl (C=O) groups is 1. The van der Waals surface area contributed by atoms with Gasteiger partial charge < -0.3 is 9.84 Å². The summed E-state index contributed by atoms with van der Waals surface area (Å²) in [6, 6.07) is 0. The van der Waals surface area contributed by atoms with Gasteiger partial charge in [-0.3, -0.25) is 0 Å². The van der Waals surface area contributed by atoms with Crippen molar-refractivity contribution in [2.24, 2.45) is 5.92 Å². The molecule has 1 N–H and O–H groups in total. The fourth-order valence-corrected chi connectivity index (χ4v) is 1.40. The van der Waals surface area contributed by atoms with Crippen LogP contribution < -0.4 is 0 Å². The third-order valence-corrected chi connectivity index (χ3v) is 2.52. The molecule has 1 aliphatic carbocycles. The van der Waals surface area contributed by atoms with Crippen molar-refractivity contribution in [3.05, 3.63) is 0 Å². The predicted octanol–water partition coefficient (Wildman–Crippen LogP) is 1.35. The average molecular weight is 208 g/mol. The van der Waals surface area contributed by atoms with E-state index < -0.39 is 23.9 Å². The van der Waals surface area contributed by atoms with Crippen molar-refractivity contribution in [1.82, 2.24) is 0 Å². The smallest absolute Gasteiger partial charge is 0.379 e. The number of esters is 1. The van der Waals surface area contributed by atoms with E-state index in [4.69, 9.17) is 0 Å². The molecular formula is C9H14F2O3. The summed E-state index contributed by atoms with van der Waals surface area (Å²) in [5, 5.41) is 9.24. The summed E-state index contributed by atoms with van der Waals surface area (Å²) >= 11 is 0. The molecule has 0 amide bonds. The first-order valence-electron chi connectivity index (χ1n) is 4.73. The van der Waals surface area contributed by atoms with Crippen LogP contribution in [0.3, 0.4) is 0 Å². The fraction of sp³-hybridized carbons (Fsp3) is 0.889. The molecule has 1 aliphatic rings. The van der Waals surface area contributed by atoms with Crippen molar-refractivity contribution < 1.29 is 23.4 Å². The Balaban J connectivity index is 2.57. The number of ether oxygens (including phenoxy) is 1. The Morgan fingerprint density at radius 2 is 2.21 bits per heavy atom. The zero-order valence-corrected chi connectivity index (χ0v) is 8.00. The molecule has 82 valence electrons. The lowest BCUT2D eigenvalue weighted by Crippen LogP contribution is -2.48. The Labute approximate surface area is 81.1 Å². The summed E-state index contributed by atoms with van der Waals surface area (Å²) in [6.07, 6.45) is 0.0442. The lowest BCUT2D eigenvalue weighted by molar-refractivity contribution is -0.197. The Kier molecular flexibility index (Phi) is 3.42. The van der Waals surface area contributed by atoms with Gasteiger partial charge in [0, 0.05) is 0 Å². The first-order chi connectivity index (χ1) is 6.50. The van der Waals surface area contributed by atoms with Crippen LogP contribution in [-0.2, 0) is 9.53 Å². The maximum atomic E-state index is 13.1. The quantitative estimate of drug-likeness (QED) is 0.709. The summed E-state index contributed by atoms with van der Waals surface area (Å²) in [4.78, 5) is 10.8. The normalized spacial score (nSPS) is 20.0. The number of aliphatic hydroxyl groups excluding tert-OH is 1. The predicted molar refractivity (Wildman–Crippen MR) is 44.9 cm³/mol. The van der Waals surface area contributed by atoms with Crippen LogP contribution in [0.4, 0.5) is 8.78 Å². The van der Waals surface area contributed by atoms with E-state index in [0.29, 0.717) is 12.8 Å². The highest BCUT2D eigenvalue weighted by atomic mass is 19.3. The van der Waals surface area contributed by atoms with E-state index in [-0.39, 0.29) is 6.61 Å². The van der Waals surface area contributed by atoms with Crippen LogP contribution in [0.25, 0.3) is 0 Å². The van der Waals surface area contributed by atoms with Gasteiger partial charge >= 0.3 is 11.9 Å². The molecule has 14 heavy (non-hydrogen) atoms. The van der Waals surface area contributed by atoms with Gasteiger partial charge in [-0.05, 0) is 25.7 Å². The molecule has 0 spiro atoms. The molecule has 3 nitrogen and oxygen atoms in total. The van der Waals surface area contributed by atoms with E-state index in [1.165, 1.54) is 6.92 Å². The Hall–Kier alpha value is -0.710. The summed E-state index contributed by atoms with van der Waals surface area (Å²) in [5.74, 6) is -5.85. The third-order valence-electron chi connectivity index (χ3n) is 2.52. The summed E-state index contributed by atoms with van der Waals surface area (Å²) in [5.41, 5.74) is 0. The largest absolute Gasteiger partial charge is 0.461 e. The van der Waals surface area contributed by atoms with Crippen LogP contribution in [0.1, 0.15) is 26.2 Å². The van der Waals surface area contributed by atoms with Crippen molar-refractivity contribution in [1.29, 1.82) is 0 Å². The minimum absolute atomic E-state index is 0.105. The highest BCUT2D eigenvalue weighted by molar-refractivity contribution is 5.78. The first-order valence-corrected chi connectivity index (χ1v) is 4.73. The van der Waals surface area contributed by atoms with Gasteiger partial charge in [0.05, 0.1) is 6.61 Å². The molecule has 0 bridgehead atoms. The van der Waals surface area contributed by atoms with Gasteiger partial charge in [0.25, 0.3) is 0 Å². The molecule has 1 rings (SSSR count). The van der Waals surface area contributed by atoms with Crippen LogP contribution in [0.2, 0.25) is 0 Å². The van der Waals surface area contributed by atoms with Gasteiger partial charge in [0.15, 0.2) is 0 Å². The standard InChI is InChI=1S/C9H14F2O3/c1-2-14-8(13)9(10,11)7(12)6-4-3-5-6/h6-7,12H,2-5H2,1H3. The maximum absolute atomic E-state index is 13.1. The zero-order valence-electron chi connectivity index (χ0n) is 8.00. The van der Waals surface area contributed by atoms with Crippen LogP contribution in [0.5, 0.6) is 0 Å². The molecule has 1 unspecified atom stereocenters. The van der Waals surface area contributed by atoms with E-state index in [9.17, 15) is 18.7 Å². The van der Waals surface area contributed by atoms with Crippen LogP contribution in [0.15, 0.2) is 0 Å². The number of rotatable bonds is 4. The van der Waals surface area contributed by atoms with E-state index in [2.05, 4.69) is 4.74 Å². The lowest BCUT2D eigenvalue weighted by atomic mass is 9.79. The van der Waals surface area contributed by atoms with Crippen molar-refractivity contribution in [3.63, 3.8) is 0 Å². The molecule has 0 aliphatic heterocycles. The van der Waals surface area contributed by atoms with Crippen molar-refractivity contribution in [2.45, 2.75) is 38.2 Å². The van der Waals surface area contributed by atoms with E-state index in [1.807, 2.05) is 0 Å². The number of hydrogen-bond donors (Lipinski definition) is 1. The van der Waals surface area contributed by atoms with Crippen LogP contribution >= 0.6 is 0 Å². The monoisotopic (exact) mass is 208 g/mol. The molecule has 1 atom stereocenters. The fourth-order valence-electron chi connectivity index (χ4n) is 1.40. The minimum Gasteiger partial charge on any atom is -0.461 e. The molecule has 0 aromatic carbocycles. The molecule has 5 heteroatoms. The second kappa shape index (κ2) is 4.21. The Morgan fingerprint density at radius 3 is 2.57 bits per heavy atom. The highest BCUT2D eigenvalue weighted by Gasteiger charge is 2.52. The van der Waals surface area contributed by atoms with E-state index >= 15 is 0 Å². The van der Waals surface area contributed by atoms with E-state index in [0.717, 1.165) is 6.42 Å². The van der Waals surface area contributed by atoms with Gasteiger partial charge in [0.2, 0.25) is 0 Å². The van der Waals surface area contributed by atoms with Gasteiger partial charge in [0.1, 0.15) is 6.10 Å². The van der Waals surface area contributed by atoms with Crippen LogP contribution in [-0.4, -0.2) is 29.7 Å². The van der Waals surface area contributed by atoms with Crippen molar-refractivity contribution in [3.8, 4) is 0 Å². The SMILES string of the molecule is CCOC(=O)C(F)(F)C(O)C1CCC1. The number of alkyl halides is 2. The number of aliphatic hydroxyl groups is 1. The molecule has 0 radical (unpaired) electrons. The van der Waals surface area contributed by atoms with Crippen molar-refractivity contribution >= 4 is 5.97 Å². The van der Waals surface area contributed by atoms with E-state index in [1.54, 1.807) is 0 Å². The highest BCUT2D eigenvalue weighted by Crippen LogP contribution is 2.37. The van der Waals surface area contributed by atoms with Crippen molar-refractivity contribution in [2.75, 3.05) is 6.61 Å². The average Bonchev–Trinajstić information content (AvgIpc) is 2.01. The minimum atomic E-state index is -3.76. The maximum Gasteiger partial charge on any atom is 0.379 e. The first kappa shape index (κ1) is 11.4. The molecule has 0 aromatic rings. The Bertz CT molecular complexity index is 214. The summed E-state index contributed by atoms with van der Waals surface area (Å²) in [6.45, 7) is 1.34. The molecular weight excluding hydrogens is 194 g/mol. The molecule has 1 fully saturated rings. The van der Waals surface area contributed by atoms with Gasteiger partial charge in [-0.25, -0.2) is 4.79 Å². The summed E-state index contributed by atoms with van der Waals surface area (Å²) in [7, 11) is 0. The molecule has 1 saturated carbocycles. The zero-order chi connectivity index (χ0) is 10.8. The lowest BCUT2D eigenvalue weighted by Gasteiger charge is -2.33. The molecule has 0 aromatic heterocycles. The number of halogens is 2.